The van der Waals surface area contributed by atoms with Crippen molar-refractivity contribution in [2.45, 2.75) is 63.3 Å². The van der Waals surface area contributed by atoms with E-state index in [0.29, 0.717) is 79.4 Å². The minimum absolute atomic E-state index is 0.0242. The summed E-state index contributed by atoms with van der Waals surface area (Å²) in [4.78, 5) is 52.2. The van der Waals surface area contributed by atoms with E-state index in [0.717, 1.165) is 23.3 Å². The highest BCUT2D eigenvalue weighted by Crippen LogP contribution is 2.67. The minimum atomic E-state index is -0.466. The van der Waals surface area contributed by atoms with Crippen LogP contribution in [0.1, 0.15) is 84.5 Å². The average molecular weight is 670 g/mol. The van der Waals surface area contributed by atoms with Crippen LogP contribution in [0.3, 0.4) is 0 Å². The largest absolute Gasteiger partial charge is 0.505 e. The minimum Gasteiger partial charge on any atom is -0.505 e. The zero-order valence-electron chi connectivity index (χ0n) is 26.8. The van der Waals surface area contributed by atoms with Crippen LogP contribution in [-0.2, 0) is 21.5 Å². The lowest BCUT2D eigenvalue weighted by Crippen LogP contribution is -2.48. The van der Waals surface area contributed by atoms with Gasteiger partial charge in [0.25, 0.3) is 11.5 Å². The number of amides is 2. The molecule has 248 valence electrons. The van der Waals surface area contributed by atoms with Gasteiger partial charge in [0.1, 0.15) is 12.3 Å². The monoisotopic (exact) mass is 669 g/mol. The number of rotatable bonds is 6. The predicted octanol–water partition coefficient (Wildman–Crippen LogP) is 4.50. The van der Waals surface area contributed by atoms with Gasteiger partial charge in [-0.15, -0.1) is 5.10 Å². The number of benzene rings is 1. The van der Waals surface area contributed by atoms with Crippen LogP contribution in [0, 0.1) is 5.92 Å². The van der Waals surface area contributed by atoms with Crippen molar-refractivity contribution in [2.24, 2.45) is 5.92 Å². The van der Waals surface area contributed by atoms with Crippen molar-refractivity contribution >= 4 is 40.5 Å². The zero-order valence-corrected chi connectivity index (χ0v) is 27.5. The Hall–Kier alpha value is -4.55. The summed E-state index contributed by atoms with van der Waals surface area (Å²) in [5, 5.41) is 18.4. The molecule has 1 spiro atoms. The van der Waals surface area contributed by atoms with Crippen LogP contribution < -0.4 is 10.9 Å². The number of hydrogen-bond acceptors (Lipinski definition) is 8. The van der Waals surface area contributed by atoms with Crippen molar-refractivity contribution in [3.8, 4) is 5.75 Å². The second kappa shape index (κ2) is 11.6. The third-order valence-electron chi connectivity index (χ3n) is 10.6. The van der Waals surface area contributed by atoms with Crippen LogP contribution in [0.5, 0.6) is 5.75 Å². The molecule has 2 aliphatic carbocycles. The molecule has 2 aliphatic heterocycles. The van der Waals surface area contributed by atoms with Gasteiger partial charge in [0.2, 0.25) is 11.7 Å². The summed E-state index contributed by atoms with van der Waals surface area (Å²) >= 11 is 6.58. The molecular formula is C35H36ClN7O5. The van der Waals surface area contributed by atoms with Crippen molar-refractivity contribution in [1.29, 1.82) is 0 Å². The third kappa shape index (κ3) is 4.92. The molecule has 48 heavy (non-hydrogen) atoms. The highest BCUT2D eigenvalue weighted by atomic mass is 35.5. The van der Waals surface area contributed by atoms with Crippen molar-refractivity contribution in [3.05, 3.63) is 86.3 Å². The summed E-state index contributed by atoms with van der Waals surface area (Å²) in [5.74, 6) is 0.633. The van der Waals surface area contributed by atoms with E-state index in [4.69, 9.17) is 26.4 Å². The zero-order chi connectivity index (χ0) is 33.3. The molecule has 1 aromatic carbocycles. The second-order valence-corrected chi connectivity index (χ2v) is 14.0. The fourth-order valence-corrected chi connectivity index (χ4v) is 8.24. The SMILES string of the molecule is CC(C)c1ccc(NC(=O)Cn2c3c(c(=O)n4nc(C5=CCOCC5)nc24)C2(CCN(C(=O)c4ncccc4O)CC2)[C@@H]2C[C@H]32)c(Cl)c1. The molecule has 2 amide bonds. The first-order chi connectivity index (χ1) is 23.2. The van der Waals surface area contributed by atoms with E-state index < -0.39 is 5.41 Å². The Bertz CT molecular complexity index is 2080. The van der Waals surface area contributed by atoms with Gasteiger partial charge < -0.3 is 24.6 Å². The number of ether oxygens (including phenoxy) is 1. The van der Waals surface area contributed by atoms with Gasteiger partial charge in [-0.25, -0.2) is 4.98 Å². The topological polar surface area (TPSA) is 144 Å². The molecule has 12 nitrogen and oxygen atoms in total. The van der Waals surface area contributed by atoms with E-state index in [-0.39, 0.29) is 47.2 Å². The Kier molecular flexibility index (Phi) is 7.40. The number of fused-ring (bicyclic) bond motifs is 6. The third-order valence-corrected chi connectivity index (χ3v) is 10.9. The van der Waals surface area contributed by atoms with Gasteiger partial charge in [-0.3, -0.25) is 14.4 Å². The average Bonchev–Trinajstić information content (AvgIpc) is 3.68. The smallest absolute Gasteiger partial charge is 0.279 e. The summed E-state index contributed by atoms with van der Waals surface area (Å²) in [5.41, 5.74) is 3.36. The lowest BCUT2D eigenvalue weighted by Gasteiger charge is -2.41. The Labute approximate surface area is 281 Å². The molecule has 1 saturated heterocycles. The van der Waals surface area contributed by atoms with Gasteiger partial charge in [-0.2, -0.15) is 9.50 Å². The van der Waals surface area contributed by atoms with Crippen molar-refractivity contribution in [3.63, 3.8) is 0 Å². The Morgan fingerprint density at radius 3 is 2.73 bits per heavy atom. The van der Waals surface area contributed by atoms with Crippen molar-refractivity contribution < 1.29 is 19.4 Å². The first-order valence-corrected chi connectivity index (χ1v) is 16.9. The summed E-state index contributed by atoms with van der Waals surface area (Å²) in [7, 11) is 0. The summed E-state index contributed by atoms with van der Waals surface area (Å²) in [6.07, 6.45) is 6.10. The second-order valence-electron chi connectivity index (χ2n) is 13.6. The lowest BCUT2D eigenvalue weighted by molar-refractivity contribution is -0.116. The number of carbonyl (C=O) groups excluding carboxylic acids is 2. The van der Waals surface area contributed by atoms with E-state index in [1.807, 2.05) is 28.8 Å². The van der Waals surface area contributed by atoms with E-state index in [2.05, 4.69) is 24.1 Å². The number of likely N-dealkylation sites (tertiary alicyclic amines) is 1. The van der Waals surface area contributed by atoms with Gasteiger partial charge in [-0.1, -0.05) is 37.6 Å². The predicted molar refractivity (Wildman–Crippen MR) is 178 cm³/mol. The molecule has 0 radical (unpaired) electrons. The molecule has 5 heterocycles. The number of aromatic nitrogens is 5. The molecule has 4 aliphatic rings. The van der Waals surface area contributed by atoms with E-state index in [9.17, 15) is 19.5 Å². The van der Waals surface area contributed by atoms with Crippen molar-refractivity contribution in [2.75, 3.05) is 31.6 Å². The molecule has 8 rings (SSSR count). The van der Waals surface area contributed by atoms with Gasteiger partial charge in [-0.05, 0) is 72.9 Å². The number of aromatic hydroxyl groups is 1. The molecule has 3 aromatic heterocycles. The Morgan fingerprint density at radius 1 is 1.21 bits per heavy atom. The molecular weight excluding hydrogens is 634 g/mol. The molecule has 2 atom stereocenters. The molecule has 2 fully saturated rings. The fraction of sp³-hybridized carbons (Fsp3) is 0.429. The van der Waals surface area contributed by atoms with Crippen LogP contribution in [-0.4, -0.2) is 72.3 Å². The number of nitrogens with zero attached hydrogens (tertiary/aromatic N) is 6. The summed E-state index contributed by atoms with van der Waals surface area (Å²) in [6.45, 7) is 5.91. The van der Waals surface area contributed by atoms with E-state index in [1.165, 1.54) is 16.8 Å². The maximum atomic E-state index is 14.5. The summed E-state index contributed by atoms with van der Waals surface area (Å²) < 4.78 is 8.72. The molecule has 13 heteroatoms. The molecule has 2 N–H and O–H groups in total. The standard InChI is InChI=1S/C35H36ClN7O5/c1-19(2)21-5-6-25(24(36)16-21)38-27(45)18-42-30-22-17-23(22)35(9-12-41(13-10-35)33(47)29-26(44)4-3-11-37-29)28(30)32(46)43-34(42)39-31(40-43)20-7-14-48-15-8-20/h3-7,11,16,19,22-23,44H,8-10,12-15,17-18H2,1-2H3,(H,38,45)/t22-,23+/m0/s1. The van der Waals surface area contributed by atoms with Gasteiger partial charge in [0, 0.05) is 41.9 Å². The molecule has 1 saturated carbocycles. The van der Waals surface area contributed by atoms with Crippen LogP contribution in [0.15, 0.2) is 47.4 Å². The first kappa shape index (κ1) is 30.8. The highest BCUT2D eigenvalue weighted by molar-refractivity contribution is 6.33. The van der Waals surface area contributed by atoms with Crippen LogP contribution >= 0.6 is 11.6 Å². The van der Waals surface area contributed by atoms with Gasteiger partial charge >= 0.3 is 0 Å². The quantitative estimate of drug-likeness (QED) is 0.305. The fourth-order valence-electron chi connectivity index (χ4n) is 8.01. The lowest BCUT2D eigenvalue weighted by atomic mass is 9.71. The van der Waals surface area contributed by atoms with E-state index in [1.54, 1.807) is 11.0 Å². The van der Waals surface area contributed by atoms with Crippen LogP contribution in [0.4, 0.5) is 5.69 Å². The van der Waals surface area contributed by atoms with E-state index >= 15 is 0 Å². The number of carbonyl (C=O) groups is 2. The number of halogens is 1. The number of pyridine rings is 1. The number of anilines is 1. The Balaban J connectivity index is 1.17. The molecule has 4 aromatic rings. The number of nitrogens with one attached hydrogen (secondary N) is 1. The van der Waals surface area contributed by atoms with Crippen molar-refractivity contribution in [1.82, 2.24) is 29.0 Å². The number of hydrogen-bond donors (Lipinski definition) is 2. The van der Waals surface area contributed by atoms with Crippen LogP contribution in [0.25, 0.3) is 11.4 Å². The van der Waals surface area contributed by atoms with Gasteiger partial charge in [0.05, 0.1) is 23.9 Å². The molecule has 0 unspecified atom stereocenters. The highest BCUT2D eigenvalue weighted by Gasteiger charge is 2.64. The maximum absolute atomic E-state index is 14.5. The molecule has 0 bridgehead atoms. The Morgan fingerprint density at radius 2 is 2.02 bits per heavy atom. The maximum Gasteiger partial charge on any atom is 0.279 e. The van der Waals surface area contributed by atoms with Crippen LogP contribution in [0.2, 0.25) is 5.02 Å². The van der Waals surface area contributed by atoms with Gasteiger partial charge in [0.15, 0.2) is 11.5 Å². The first-order valence-electron chi connectivity index (χ1n) is 16.5. The summed E-state index contributed by atoms with van der Waals surface area (Å²) in [6, 6.07) is 8.68. The normalized spacial score (nSPS) is 20.9. The number of piperidine rings is 1.